The lowest BCUT2D eigenvalue weighted by Crippen LogP contribution is -2.30. The average molecular weight is 354 g/mol. The molecule has 0 unspecified atom stereocenters. The van der Waals surface area contributed by atoms with Crippen molar-refractivity contribution >= 4 is 55.4 Å². The van der Waals surface area contributed by atoms with Gasteiger partial charge in [0.1, 0.15) is 0 Å². The summed E-state index contributed by atoms with van der Waals surface area (Å²) in [6.07, 6.45) is 0.472. The van der Waals surface area contributed by atoms with Gasteiger partial charge in [-0.15, -0.1) is 11.3 Å². The Balaban J connectivity index is 2.18. The summed E-state index contributed by atoms with van der Waals surface area (Å²) in [5.41, 5.74) is 4.10. The Morgan fingerprint density at radius 2 is 2.30 bits per heavy atom. The van der Waals surface area contributed by atoms with Gasteiger partial charge in [-0.1, -0.05) is 15.9 Å². The Morgan fingerprint density at radius 3 is 3.05 bits per heavy atom. The predicted molar refractivity (Wildman–Crippen MR) is 83.9 cm³/mol. The van der Waals surface area contributed by atoms with Crippen molar-refractivity contribution in [3.63, 3.8) is 0 Å². The second-order valence-corrected chi connectivity index (χ2v) is 5.85. The standard InChI is InChI=1S/C13H12BrN3O2S/c1-8(16-17-13(19)5-15-7-18)11-6-20-12-3-2-9(14)4-10(11)12/h2-4,6-7H,5H2,1H3,(H,15,18)(H,17,19)/b16-8+. The molecule has 0 aliphatic heterocycles. The minimum absolute atomic E-state index is 0.0871. The van der Waals surface area contributed by atoms with E-state index in [1.165, 1.54) is 0 Å². The maximum absolute atomic E-state index is 11.3. The largest absolute Gasteiger partial charge is 0.350 e. The second kappa shape index (κ2) is 6.62. The van der Waals surface area contributed by atoms with Crippen molar-refractivity contribution < 1.29 is 9.59 Å². The lowest BCUT2D eigenvalue weighted by Gasteiger charge is -2.02. The summed E-state index contributed by atoms with van der Waals surface area (Å²) in [7, 11) is 0. The molecule has 104 valence electrons. The number of carbonyl (C=O) groups excluding carboxylic acids is 2. The molecule has 0 spiro atoms. The first-order valence-corrected chi connectivity index (χ1v) is 7.46. The highest BCUT2D eigenvalue weighted by molar-refractivity contribution is 9.10. The summed E-state index contributed by atoms with van der Waals surface area (Å²) in [4.78, 5) is 21.4. The van der Waals surface area contributed by atoms with E-state index in [-0.39, 0.29) is 12.5 Å². The van der Waals surface area contributed by atoms with Crippen LogP contribution >= 0.6 is 27.3 Å². The number of thiophene rings is 1. The molecule has 5 nitrogen and oxygen atoms in total. The van der Waals surface area contributed by atoms with Gasteiger partial charge in [0.15, 0.2) is 0 Å². The van der Waals surface area contributed by atoms with E-state index >= 15 is 0 Å². The number of rotatable bonds is 5. The number of amides is 2. The van der Waals surface area contributed by atoms with Crippen LogP contribution in [0, 0.1) is 0 Å². The van der Waals surface area contributed by atoms with E-state index in [1.807, 2.05) is 30.5 Å². The van der Waals surface area contributed by atoms with Crippen LogP contribution in [0.3, 0.4) is 0 Å². The highest BCUT2D eigenvalue weighted by atomic mass is 79.9. The molecule has 2 aromatic rings. The Kier molecular flexibility index (Phi) is 4.86. The zero-order chi connectivity index (χ0) is 14.5. The lowest BCUT2D eigenvalue weighted by atomic mass is 10.1. The van der Waals surface area contributed by atoms with E-state index in [9.17, 15) is 9.59 Å². The molecule has 0 saturated carbocycles. The fourth-order valence-electron chi connectivity index (χ4n) is 1.66. The van der Waals surface area contributed by atoms with Crippen LogP contribution in [0.1, 0.15) is 12.5 Å². The van der Waals surface area contributed by atoms with Gasteiger partial charge in [0.25, 0.3) is 5.91 Å². The Bertz CT molecular complexity index is 681. The zero-order valence-corrected chi connectivity index (χ0v) is 13.0. The van der Waals surface area contributed by atoms with Gasteiger partial charge in [0.2, 0.25) is 6.41 Å². The van der Waals surface area contributed by atoms with E-state index in [0.29, 0.717) is 12.1 Å². The van der Waals surface area contributed by atoms with E-state index in [2.05, 4.69) is 31.8 Å². The summed E-state index contributed by atoms with van der Waals surface area (Å²) in [5, 5.41) is 9.42. The van der Waals surface area contributed by atoms with E-state index in [1.54, 1.807) is 11.3 Å². The van der Waals surface area contributed by atoms with Gasteiger partial charge >= 0.3 is 0 Å². The van der Waals surface area contributed by atoms with Crippen LogP contribution in [0.5, 0.6) is 0 Å². The van der Waals surface area contributed by atoms with E-state index in [0.717, 1.165) is 20.1 Å². The SMILES string of the molecule is C/C(=N\NC(=O)CNC=O)c1csc2ccc(Br)cc12. The first-order chi connectivity index (χ1) is 9.61. The van der Waals surface area contributed by atoms with Gasteiger partial charge in [-0.3, -0.25) is 9.59 Å². The number of benzene rings is 1. The summed E-state index contributed by atoms with van der Waals surface area (Å²) in [5.74, 6) is -0.364. The van der Waals surface area contributed by atoms with Crippen LogP contribution in [-0.2, 0) is 9.59 Å². The molecule has 1 aromatic carbocycles. The Hall–Kier alpha value is -1.73. The molecule has 0 fully saturated rings. The van der Waals surface area contributed by atoms with Crippen molar-refractivity contribution in [2.75, 3.05) is 6.54 Å². The minimum atomic E-state index is -0.364. The van der Waals surface area contributed by atoms with Crippen LogP contribution in [0.15, 0.2) is 33.2 Å². The third-order valence-corrected chi connectivity index (χ3v) is 4.08. The monoisotopic (exact) mass is 353 g/mol. The number of fused-ring (bicyclic) bond motifs is 1. The molecule has 0 aliphatic rings. The van der Waals surface area contributed by atoms with Gasteiger partial charge in [0, 0.05) is 25.5 Å². The van der Waals surface area contributed by atoms with E-state index < -0.39 is 0 Å². The van der Waals surface area contributed by atoms with Gasteiger partial charge < -0.3 is 5.32 Å². The maximum Gasteiger partial charge on any atom is 0.259 e. The van der Waals surface area contributed by atoms with Crippen molar-refractivity contribution in [3.8, 4) is 0 Å². The smallest absolute Gasteiger partial charge is 0.259 e. The molecule has 2 N–H and O–H groups in total. The quantitative estimate of drug-likeness (QED) is 0.491. The van der Waals surface area contributed by atoms with Crippen LogP contribution < -0.4 is 10.7 Å². The van der Waals surface area contributed by atoms with Crippen molar-refractivity contribution in [1.29, 1.82) is 0 Å². The Labute approximate surface area is 128 Å². The topological polar surface area (TPSA) is 70.6 Å². The molecule has 0 aliphatic carbocycles. The molecular weight excluding hydrogens is 342 g/mol. The average Bonchev–Trinajstić information content (AvgIpc) is 2.85. The van der Waals surface area contributed by atoms with Crippen LogP contribution in [-0.4, -0.2) is 24.6 Å². The summed E-state index contributed by atoms with van der Waals surface area (Å²) >= 11 is 5.07. The number of hydrogen-bond acceptors (Lipinski definition) is 4. The van der Waals surface area contributed by atoms with Crippen molar-refractivity contribution in [2.24, 2.45) is 5.10 Å². The number of hydrazone groups is 1. The molecule has 0 radical (unpaired) electrons. The third kappa shape index (κ3) is 3.43. The normalized spacial score (nSPS) is 11.4. The second-order valence-electron chi connectivity index (χ2n) is 4.02. The number of nitrogens with one attached hydrogen (secondary N) is 2. The summed E-state index contributed by atoms with van der Waals surface area (Å²) < 4.78 is 2.16. The van der Waals surface area contributed by atoms with Crippen LogP contribution in [0.25, 0.3) is 10.1 Å². The predicted octanol–water partition coefficient (Wildman–Crippen LogP) is 2.25. The number of hydrogen-bond donors (Lipinski definition) is 2. The summed E-state index contributed by atoms with van der Waals surface area (Å²) in [6, 6.07) is 6.05. The number of nitrogens with zero attached hydrogens (tertiary/aromatic N) is 1. The molecule has 7 heteroatoms. The first-order valence-electron chi connectivity index (χ1n) is 5.79. The molecular formula is C13H12BrN3O2S. The van der Waals surface area contributed by atoms with Crippen LogP contribution in [0.4, 0.5) is 0 Å². The number of carbonyl (C=O) groups is 2. The number of halogens is 1. The fraction of sp³-hybridized carbons (Fsp3) is 0.154. The highest BCUT2D eigenvalue weighted by Gasteiger charge is 2.08. The molecule has 2 rings (SSSR count). The molecule has 0 bridgehead atoms. The first kappa shape index (κ1) is 14.7. The molecule has 1 aromatic heterocycles. The van der Waals surface area contributed by atoms with Crippen molar-refractivity contribution in [2.45, 2.75) is 6.92 Å². The third-order valence-electron chi connectivity index (χ3n) is 2.62. The van der Waals surface area contributed by atoms with Crippen LogP contribution in [0.2, 0.25) is 0 Å². The van der Waals surface area contributed by atoms with Gasteiger partial charge in [-0.25, -0.2) is 5.43 Å². The molecule has 2 amide bonds. The lowest BCUT2D eigenvalue weighted by molar-refractivity contribution is -0.122. The molecule has 1 heterocycles. The Morgan fingerprint density at radius 1 is 1.50 bits per heavy atom. The zero-order valence-electron chi connectivity index (χ0n) is 10.6. The molecule has 0 saturated heterocycles. The summed E-state index contributed by atoms with van der Waals surface area (Å²) in [6.45, 7) is 1.74. The molecule has 0 atom stereocenters. The van der Waals surface area contributed by atoms with Crippen molar-refractivity contribution in [3.05, 3.63) is 33.6 Å². The minimum Gasteiger partial charge on any atom is -0.350 e. The van der Waals surface area contributed by atoms with E-state index in [4.69, 9.17) is 0 Å². The highest BCUT2D eigenvalue weighted by Crippen LogP contribution is 2.29. The van der Waals surface area contributed by atoms with Gasteiger partial charge in [0.05, 0.1) is 12.3 Å². The van der Waals surface area contributed by atoms with Crippen molar-refractivity contribution in [1.82, 2.24) is 10.7 Å². The fourth-order valence-corrected chi connectivity index (χ4v) is 3.01. The van der Waals surface area contributed by atoms with Gasteiger partial charge in [-0.2, -0.15) is 5.10 Å². The molecule has 20 heavy (non-hydrogen) atoms. The maximum atomic E-state index is 11.3. The van der Waals surface area contributed by atoms with Gasteiger partial charge in [-0.05, 0) is 25.1 Å².